The minimum absolute atomic E-state index is 0.0608. The highest BCUT2D eigenvalue weighted by Crippen LogP contribution is 1.95. The lowest BCUT2D eigenvalue weighted by atomic mass is 10.2. The molecule has 10 heavy (non-hydrogen) atoms. The summed E-state index contributed by atoms with van der Waals surface area (Å²) in [5.41, 5.74) is 0.691. The maximum Gasteiger partial charge on any atom is 0.0867 e. The van der Waals surface area contributed by atoms with Crippen LogP contribution in [0, 0.1) is 0 Å². The molecule has 2 heteroatoms. The van der Waals surface area contributed by atoms with Gasteiger partial charge < -0.3 is 5.11 Å². The third kappa shape index (κ3) is 4.04. The van der Waals surface area contributed by atoms with E-state index in [9.17, 15) is 4.39 Å². The van der Waals surface area contributed by atoms with E-state index in [1.54, 1.807) is 12.2 Å². The van der Waals surface area contributed by atoms with Gasteiger partial charge in [0.2, 0.25) is 0 Å². The predicted molar refractivity (Wildman–Crippen MR) is 40.2 cm³/mol. The van der Waals surface area contributed by atoms with Crippen LogP contribution in [-0.4, -0.2) is 11.7 Å². The van der Waals surface area contributed by atoms with Gasteiger partial charge in [0.1, 0.15) is 0 Å². The van der Waals surface area contributed by atoms with Crippen molar-refractivity contribution in [3.63, 3.8) is 0 Å². The number of rotatable bonds is 3. The summed E-state index contributed by atoms with van der Waals surface area (Å²) in [5, 5.41) is 8.61. The molecule has 0 rings (SSSR count). The highest BCUT2D eigenvalue weighted by atomic mass is 19.1. The second-order valence-corrected chi connectivity index (χ2v) is 1.72. The lowest BCUT2D eigenvalue weighted by Crippen LogP contribution is -1.83. The Kier molecular flexibility index (Phi) is 5.68. The summed E-state index contributed by atoms with van der Waals surface area (Å²) in [6.07, 6.45) is 6.69. The van der Waals surface area contributed by atoms with Crippen molar-refractivity contribution in [1.29, 1.82) is 0 Å². The molecule has 0 fully saturated rings. The van der Waals surface area contributed by atoms with Crippen molar-refractivity contribution >= 4 is 0 Å². The van der Waals surface area contributed by atoms with E-state index < -0.39 is 0 Å². The van der Waals surface area contributed by atoms with Crippen LogP contribution in [0.1, 0.15) is 6.92 Å². The Hall–Kier alpha value is -0.890. The Morgan fingerprint density at radius 2 is 2.30 bits per heavy atom. The Morgan fingerprint density at radius 1 is 1.60 bits per heavy atom. The third-order valence-electron chi connectivity index (χ3n) is 0.946. The summed E-state index contributed by atoms with van der Waals surface area (Å²) in [6.45, 7) is 1.78. The van der Waals surface area contributed by atoms with Crippen molar-refractivity contribution in [1.82, 2.24) is 0 Å². The summed E-state index contributed by atoms with van der Waals surface area (Å²) in [7, 11) is 0. The molecule has 1 N–H and O–H groups in total. The number of allylic oxidation sites excluding steroid dienone is 3. The van der Waals surface area contributed by atoms with Gasteiger partial charge >= 0.3 is 0 Å². The maximum absolute atomic E-state index is 11.4. The Balaban J connectivity index is 4.04. The van der Waals surface area contributed by atoms with Crippen molar-refractivity contribution in [2.24, 2.45) is 0 Å². The van der Waals surface area contributed by atoms with Crippen LogP contribution in [0.3, 0.4) is 0 Å². The van der Waals surface area contributed by atoms with E-state index in [0.717, 1.165) is 0 Å². The lowest BCUT2D eigenvalue weighted by molar-refractivity contribution is 0.335. The first-order chi connectivity index (χ1) is 4.85. The van der Waals surface area contributed by atoms with Gasteiger partial charge in [-0.1, -0.05) is 18.2 Å². The third-order valence-corrected chi connectivity index (χ3v) is 0.946. The lowest BCUT2D eigenvalue weighted by Gasteiger charge is -1.90. The van der Waals surface area contributed by atoms with Crippen LogP contribution >= 0.6 is 0 Å². The highest BCUT2D eigenvalue weighted by molar-refractivity contribution is 5.22. The predicted octanol–water partition coefficient (Wildman–Crippen LogP) is 1.96. The molecule has 0 spiro atoms. The Labute approximate surface area is 60.2 Å². The molecule has 0 aromatic heterocycles. The minimum atomic E-state index is -0.0608. The van der Waals surface area contributed by atoms with Crippen LogP contribution in [-0.2, 0) is 0 Å². The first kappa shape index (κ1) is 9.11. The highest BCUT2D eigenvalue weighted by Gasteiger charge is 1.83. The first-order valence-corrected chi connectivity index (χ1v) is 3.04. The number of hydrogen-bond acceptors (Lipinski definition) is 1. The average Bonchev–Trinajstić information content (AvgIpc) is 1.98. The fourth-order valence-electron chi connectivity index (χ4n) is 0.535. The van der Waals surface area contributed by atoms with E-state index >= 15 is 0 Å². The molecular weight excluding hydrogens is 131 g/mol. The molecule has 0 amide bonds. The summed E-state index contributed by atoms with van der Waals surface area (Å²) in [4.78, 5) is 0. The second-order valence-electron chi connectivity index (χ2n) is 1.72. The zero-order valence-corrected chi connectivity index (χ0v) is 5.92. The fraction of sp³-hybridized carbons (Fsp3) is 0.250. The quantitative estimate of drug-likeness (QED) is 0.597. The second kappa shape index (κ2) is 6.23. The zero-order valence-electron chi connectivity index (χ0n) is 5.92. The first-order valence-electron chi connectivity index (χ1n) is 3.04. The SMILES string of the molecule is C\C=C/C(=C\C=C\F)CO. The van der Waals surface area contributed by atoms with Gasteiger partial charge in [-0.3, -0.25) is 0 Å². The van der Waals surface area contributed by atoms with Crippen LogP contribution in [0.4, 0.5) is 4.39 Å². The van der Waals surface area contributed by atoms with Gasteiger partial charge in [-0.25, -0.2) is 4.39 Å². The van der Waals surface area contributed by atoms with E-state index in [2.05, 4.69) is 0 Å². The molecule has 1 nitrogen and oxygen atoms in total. The van der Waals surface area contributed by atoms with Gasteiger partial charge in [0.15, 0.2) is 0 Å². The number of hydrogen-bond donors (Lipinski definition) is 1. The summed E-state index contributed by atoms with van der Waals surface area (Å²) < 4.78 is 11.4. The molecule has 0 saturated heterocycles. The van der Waals surface area contributed by atoms with E-state index in [1.165, 1.54) is 12.2 Å². The molecule has 0 atom stereocenters. The monoisotopic (exact) mass is 142 g/mol. The van der Waals surface area contributed by atoms with E-state index in [4.69, 9.17) is 5.11 Å². The van der Waals surface area contributed by atoms with Gasteiger partial charge in [-0.2, -0.15) is 0 Å². The van der Waals surface area contributed by atoms with Crippen LogP contribution in [0.2, 0.25) is 0 Å². The molecule has 0 aliphatic heterocycles. The van der Waals surface area contributed by atoms with Crippen molar-refractivity contribution in [3.8, 4) is 0 Å². The van der Waals surface area contributed by atoms with Crippen molar-refractivity contribution in [2.75, 3.05) is 6.61 Å². The van der Waals surface area contributed by atoms with Crippen LogP contribution in [0.5, 0.6) is 0 Å². The molecule has 0 aromatic rings. The van der Waals surface area contributed by atoms with Crippen LogP contribution in [0.25, 0.3) is 0 Å². The van der Waals surface area contributed by atoms with Crippen molar-refractivity contribution in [3.05, 3.63) is 36.2 Å². The molecule has 0 bridgehead atoms. The van der Waals surface area contributed by atoms with Crippen LogP contribution in [0.15, 0.2) is 36.2 Å². The van der Waals surface area contributed by atoms with Gasteiger partial charge in [0, 0.05) is 0 Å². The van der Waals surface area contributed by atoms with E-state index in [-0.39, 0.29) is 6.61 Å². The van der Waals surface area contributed by atoms with Gasteiger partial charge in [-0.15, -0.1) is 0 Å². The molecule has 56 valence electrons. The molecule has 0 aliphatic rings. The molecule has 0 radical (unpaired) electrons. The largest absolute Gasteiger partial charge is 0.392 e. The molecule has 0 heterocycles. The van der Waals surface area contributed by atoms with E-state index in [0.29, 0.717) is 11.9 Å². The van der Waals surface area contributed by atoms with Crippen molar-refractivity contribution < 1.29 is 9.50 Å². The average molecular weight is 142 g/mol. The van der Waals surface area contributed by atoms with Gasteiger partial charge in [-0.05, 0) is 18.6 Å². The molecule has 0 aromatic carbocycles. The summed E-state index contributed by atoms with van der Waals surface area (Å²) in [5.74, 6) is 0. The minimum Gasteiger partial charge on any atom is -0.392 e. The number of halogens is 1. The fourth-order valence-corrected chi connectivity index (χ4v) is 0.535. The number of aliphatic hydroxyl groups excluding tert-OH is 1. The zero-order chi connectivity index (χ0) is 7.82. The standard InChI is InChI=1S/C8H11FO/c1-2-4-8(7-10)5-3-6-9/h2-6,10H,7H2,1H3/b4-2-,6-3+,8-5+. The molecule has 0 unspecified atom stereocenters. The summed E-state index contributed by atoms with van der Waals surface area (Å²) >= 11 is 0. The smallest absolute Gasteiger partial charge is 0.0867 e. The maximum atomic E-state index is 11.4. The van der Waals surface area contributed by atoms with Crippen LogP contribution < -0.4 is 0 Å². The number of aliphatic hydroxyl groups is 1. The molecular formula is C8H11FO. The van der Waals surface area contributed by atoms with Gasteiger partial charge in [0.25, 0.3) is 0 Å². The van der Waals surface area contributed by atoms with E-state index in [1.807, 2.05) is 6.92 Å². The van der Waals surface area contributed by atoms with Gasteiger partial charge in [0.05, 0.1) is 12.9 Å². The normalized spacial score (nSPS) is 13.7. The Bertz CT molecular complexity index is 157. The molecule has 0 saturated carbocycles. The Morgan fingerprint density at radius 3 is 2.70 bits per heavy atom. The summed E-state index contributed by atoms with van der Waals surface area (Å²) in [6, 6.07) is 0. The van der Waals surface area contributed by atoms with Crippen molar-refractivity contribution in [2.45, 2.75) is 6.92 Å². The topological polar surface area (TPSA) is 20.2 Å². The molecule has 0 aliphatic carbocycles.